The number of hydrogen-bond donors (Lipinski definition) is 0. The predicted octanol–water partition coefficient (Wildman–Crippen LogP) is 3.28. The molecule has 1 aromatic rings. The molecule has 0 unspecified atom stereocenters. The molecule has 0 fully saturated rings. The third kappa shape index (κ3) is 2.97. The van der Waals surface area contributed by atoms with Crippen molar-refractivity contribution < 1.29 is 4.42 Å². The topological polar surface area (TPSA) is 13.1 Å². The molecule has 0 amide bonds. The van der Waals surface area contributed by atoms with Crippen molar-refractivity contribution in [1.82, 2.24) is 0 Å². The third-order valence-electron chi connectivity index (χ3n) is 2.36. The lowest BCUT2D eigenvalue weighted by Gasteiger charge is -1.87. The first-order valence-corrected chi connectivity index (χ1v) is 5.62. The second-order valence-corrected chi connectivity index (χ2v) is 3.44. The van der Waals surface area contributed by atoms with Gasteiger partial charge in [-0.2, -0.15) is 0 Å². The van der Waals surface area contributed by atoms with E-state index in [9.17, 15) is 0 Å². The molecule has 0 bridgehead atoms. The number of rotatable bonds is 4. The second-order valence-electron chi connectivity index (χ2n) is 3.44. The summed E-state index contributed by atoms with van der Waals surface area (Å²) in [6.07, 6.45) is 15.2. The van der Waals surface area contributed by atoms with Crippen LogP contribution in [-0.4, -0.2) is 0 Å². The summed E-state index contributed by atoms with van der Waals surface area (Å²) in [4.78, 5) is 0. The molecule has 0 aliphatic carbocycles. The molecule has 1 heteroatoms. The Kier molecular flexibility index (Phi) is 5.02. The lowest BCUT2D eigenvalue weighted by Crippen LogP contribution is -2.20. The Morgan fingerprint density at radius 2 is 1.88 bits per heavy atom. The maximum Gasteiger partial charge on any atom is 0.135 e. The molecule has 0 N–H and O–H groups in total. The largest absolute Gasteiger partial charge is 0.456 e. The lowest BCUT2D eigenvalue weighted by molar-refractivity contribution is 0.521. The molecular weight excluding hydrogens is 208 g/mol. The summed E-state index contributed by atoms with van der Waals surface area (Å²) >= 11 is 0. The first-order valence-electron chi connectivity index (χ1n) is 5.62. The van der Waals surface area contributed by atoms with Gasteiger partial charge in [0.15, 0.2) is 0 Å². The summed E-state index contributed by atoms with van der Waals surface area (Å²) < 4.78 is 5.79. The van der Waals surface area contributed by atoms with Crippen LogP contribution in [0.15, 0.2) is 41.9 Å². The minimum atomic E-state index is 0.809. The molecule has 1 aromatic heterocycles. The van der Waals surface area contributed by atoms with Gasteiger partial charge in [0.2, 0.25) is 0 Å². The van der Waals surface area contributed by atoms with Gasteiger partial charge in [-0.15, -0.1) is 0 Å². The van der Waals surface area contributed by atoms with E-state index in [-0.39, 0.29) is 0 Å². The van der Waals surface area contributed by atoms with Gasteiger partial charge in [-0.05, 0) is 26.0 Å². The van der Waals surface area contributed by atoms with Gasteiger partial charge in [0.25, 0.3) is 0 Å². The third-order valence-corrected chi connectivity index (χ3v) is 2.36. The monoisotopic (exact) mass is 226 g/mol. The highest BCUT2D eigenvalue weighted by atomic mass is 16.3. The highest BCUT2D eigenvalue weighted by molar-refractivity contribution is 5.63. The molecule has 0 radical (unpaired) electrons. The van der Waals surface area contributed by atoms with Crippen LogP contribution in [-0.2, 0) is 0 Å². The van der Waals surface area contributed by atoms with Gasteiger partial charge in [0.1, 0.15) is 11.2 Å². The highest BCUT2D eigenvalue weighted by Crippen LogP contribution is 2.06. The molecular formula is C16H18O. The van der Waals surface area contributed by atoms with E-state index in [0.29, 0.717) is 0 Å². The molecule has 0 atom stereocenters. The minimum Gasteiger partial charge on any atom is -0.456 e. The van der Waals surface area contributed by atoms with E-state index in [1.165, 1.54) is 0 Å². The second kappa shape index (κ2) is 6.54. The zero-order valence-electron chi connectivity index (χ0n) is 10.4. The molecule has 0 spiro atoms. The minimum absolute atomic E-state index is 0.809. The van der Waals surface area contributed by atoms with E-state index in [1.807, 2.05) is 56.4 Å². The molecule has 0 aliphatic rings. The standard InChI is InChI=1S/C16H18O/c1-5-9-11-15-13(7-3)14(8-4)16(17-15)12-10-6-2/h5-12H,1,3H2,2,4H3/b10-6-,11-9-,14-8-,16-12+. The Labute approximate surface area is 102 Å². The van der Waals surface area contributed by atoms with Crippen molar-refractivity contribution >= 4 is 24.3 Å². The van der Waals surface area contributed by atoms with Gasteiger partial charge in [0.05, 0.1) is 0 Å². The van der Waals surface area contributed by atoms with Crippen molar-refractivity contribution in [2.45, 2.75) is 13.8 Å². The maximum atomic E-state index is 5.79. The van der Waals surface area contributed by atoms with Crippen molar-refractivity contribution in [2.75, 3.05) is 0 Å². The van der Waals surface area contributed by atoms with E-state index in [0.717, 1.165) is 22.0 Å². The van der Waals surface area contributed by atoms with E-state index >= 15 is 0 Å². The van der Waals surface area contributed by atoms with E-state index in [2.05, 4.69) is 13.2 Å². The first-order chi connectivity index (χ1) is 8.28. The summed E-state index contributed by atoms with van der Waals surface area (Å²) in [5, 5.41) is 1.07. The molecule has 17 heavy (non-hydrogen) atoms. The van der Waals surface area contributed by atoms with Gasteiger partial charge in [-0.3, -0.25) is 0 Å². The van der Waals surface area contributed by atoms with Gasteiger partial charge in [0, 0.05) is 10.8 Å². The summed E-state index contributed by atoms with van der Waals surface area (Å²) in [5.74, 6) is 0.809. The average Bonchev–Trinajstić information content (AvgIpc) is 2.70. The fourth-order valence-electron chi connectivity index (χ4n) is 1.59. The Bertz CT molecular complexity index is 565. The van der Waals surface area contributed by atoms with Crippen LogP contribution in [0.3, 0.4) is 0 Å². The summed E-state index contributed by atoms with van der Waals surface area (Å²) in [6.45, 7) is 11.4. The molecule has 88 valence electrons. The molecule has 0 aromatic carbocycles. The van der Waals surface area contributed by atoms with Crippen molar-refractivity contribution in [3.63, 3.8) is 0 Å². The Morgan fingerprint density at radius 1 is 1.12 bits per heavy atom. The van der Waals surface area contributed by atoms with Gasteiger partial charge in [-0.1, -0.05) is 49.6 Å². The lowest BCUT2D eigenvalue weighted by atomic mass is 10.2. The van der Waals surface area contributed by atoms with Crippen molar-refractivity contribution in [3.05, 3.63) is 59.4 Å². The van der Waals surface area contributed by atoms with Crippen LogP contribution in [0.2, 0.25) is 0 Å². The number of hydrogen-bond acceptors (Lipinski definition) is 1. The summed E-state index contributed by atoms with van der Waals surface area (Å²) in [7, 11) is 0. The van der Waals surface area contributed by atoms with Crippen LogP contribution in [0.1, 0.15) is 25.2 Å². The summed E-state index contributed by atoms with van der Waals surface area (Å²) in [6, 6.07) is 0. The van der Waals surface area contributed by atoms with Gasteiger partial charge >= 0.3 is 0 Å². The first kappa shape index (κ1) is 13.0. The molecule has 1 nitrogen and oxygen atoms in total. The van der Waals surface area contributed by atoms with Crippen LogP contribution in [0.25, 0.3) is 24.3 Å². The average molecular weight is 226 g/mol. The molecule has 1 heterocycles. The predicted molar refractivity (Wildman–Crippen MR) is 76.7 cm³/mol. The smallest absolute Gasteiger partial charge is 0.135 e. The fraction of sp³-hybridized carbons (Fsp3) is 0.125. The van der Waals surface area contributed by atoms with E-state index < -0.39 is 0 Å². The van der Waals surface area contributed by atoms with E-state index in [1.54, 1.807) is 6.08 Å². The molecule has 0 aliphatic heterocycles. The van der Waals surface area contributed by atoms with E-state index in [4.69, 9.17) is 4.42 Å². The Hall–Kier alpha value is -2.02. The fourth-order valence-corrected chi connectivity index (χ4v) is 1.59. The van der Waals surface area contributed by atoms with Crippen LogP contribution < -0.4 is 10.6 Å². The van der Waals surface area contributed by atoms with Crippen molar-refractivity contribution in [2.24, 2.45) is 0 Å². The molecule has 0 saturated carbocycles. The zero-order chi connectivity index (χ0) is 12.7. The molecule has 0 saturated heterocycles. The SMILES string of the molecule is C=C/C=C\c1oc(=C/C=C\C)/c(=C\C)c1C=C. The van der Waals surface area contributed by atoms with Gasteiger partial charge < -0.3 is 4.42 Å². The van der Waals surface area contributed by atoms with Crippen LogP contribution in [0.4, 0.5) is 0 Å². The normalized spacial score (nSPS) is 14.0. The van der Waals surface area contributed by atoms with Crippen molar-refractivity contribution in [1.29, 1.82) is 0 Å². The van der Waals surface area contributed by atoms with Crippen molar-refractivity contribution in [3.8, 4) is 0 Å². The van der Waals surface area contributed by atoms with Crippen LogP contribution in [0, 0.1) is 0 Å². The molecule has 1 rings (SSSR count). The quantitative estimate of drug-likeness (QED) is 0.718. The Balaban J connectivity index is 3.55. The van der Waals surface area contributed by atoms with Crippen LogP contribution >= 0.6 is 0 Å². The summed E-state index contributed by atoms with van der Waals surface area (Å²) in [5.41, 5.74) is 1.87. The van der Waals surface area contributed by atoms with Gasteiger partial charge in [-0.25, -0.2) is 0 Å². The van der Waals surface area contributed by atoms with Crippen LogP contribution in [0.5, 0.6) is 0 Å². The number of allylic oxidation sites excluding steroid dienone is 4. The number of furan rings is 1. The zero-order valence-corrected chi connectivity index (χ0v) is 10.4. The highest BCUT2D eigenvalue weighted by Gasteiger charge is 2.04. The maximum absolute atomic E-state index is 5.79. The Morgan fingerprint density at radius 3 is 2.41 bits per heavy atom.